The molecule has 1 aromatic rings. The molecule has 0 radical (unpaired) electrons. The third kappa shape index (κ3) is 4.97. The second kappa shape index (κ2) is 8.33. The van der Waals surface area contributed by atoms with E-state index in [0.717, 1.165) is 0 Å². The molecule has 0 saturated carbocycles. The molecular weight excluding hydrogens is 310 g/mol. The normalized spacial score (nSPS) is 20.3. The summed E-state index contributed by atoms with van der Waals surface area (Å²) in [4.78, 5) is 36.7. The van der Waals surface area contributed by atoms with E-state index in [0.29, 0.717) is 31.6 Å². The summed E-state index contributed by atoms with van der Waals surface area (Å²) >= 11 is 0. The molecule has 1 saturated heterocycles. The van der Waals surface area contributed by atoms with E-state index in [9.17, 15) is 14.4 Å². The number of carbonyl (C=O) groups is 3. The third-order valence-electron chi connectivity index (χ3n) is 4.02. The number of carboxylic acids is 1. The molecule has 2 atom stereocenters. The van der Waals surface area contributed by atoms with Crippen molar-refractivity contribution in [3.8, 4) is 0 Å². The van der Waals surface area contributed by atoms with Crippen LogP contribution >= 0.6 is 0 Å². The van der Waals surface area contributed by atoms with Gasteiger partial charge in [0.25, 0.3) is 5.91 Å². The lowest BCUT2D eigenvalue weighted by Crippen LogP contribution is -2.50. The highest BCUT2D eigenvalue weighted by molar-refractivity contribution is 5.94. The number of aliphatic carboxylic acids is 1. The maximum atomic E-state index is 12.1. The van der Waals surface area contributed by atoms with Crippen LogP contribution in [0.4, 0.5) is 4.79 Å². The quantitative estimate of drug-likeness (QED) is 0.704. The number of nitrogens with zero attached hydrogens (tertiary/aromatic N) is 1. The van der Waals surface area contributed by atoms with Crippen molar-refractivity contribution in [3.05, 3.63) is 35.9 Å². The Bertz CT molecular complexity index is 591. The van der Waals surface area contributed by atoms with Gasteiger partial charge in [-0.15, -0.1) is 0 Å². The van der Waals surface area contributed by atoms with E-state index in [4.69, 9.17) is 5.11 Å². The molecule has 0 aromatic heterocycles. The van der Waals surface area contributed by atoms with E-state index in [-0.39, 0.29) is 24.4 Å². The van der Waals surface area contributed by atoms with Gasteiger partial charge >= 0.3 is 12.0 Å². The fraction of sp³-hybridized carbons (Fsp3) is 0.471. The molecule has 130 valence electrons. The number of carbonyl (C=O) groups excluding carboxylic acids is 2. The smallest absolute Gasteiger partial charge is 0.317 e. The number of likely N-dealkylation sites (tertiary alicyclic amines) is 1. The van der Waals surface area contributed by atoms with Gasteiger partial charge < -0.3 is 20.6 Å². The van der Waals surface area contributed by atoms with Crippen molar-refractivity contribution in [2.75, 3.05) is 26.2 Å². The highest BCUT2D eigenvalue weighted by Crippen LogP contribution is 2.21. The summed E-state index contributed by atoms with van der Waals surface area (Å²) in [7, 11) is 0. The van der Waals surface area contributed by atoms with Crippen molar-refractivity contribution < 1.29 is 19.5 Å². The lowest BCUT2D eigenvalue weighted by atomic mass is 9.91. The zero-order chi connectivity index (χ0) is 17.5. The number of piperidine rings is 1. The predicted octanol–water partition coefficient (Wildman–Crippen LogP) is 1.17. The molecule has 3 N–H and O–H groups in total. The van der Waals surface area contributed by atoms with Crippen molar-refractivity contribution in [2.45, 2.75) is 13.3 Å². The van der Waals surface area contributed by atoms with Crippen LogP contribution in [-0.2, 0) is 4.79 Å². The van der Waals surface area contributed by atoms with Crippen LogP contribution in [0.3, 0.4) is 0 Å². The molecule has 0 aliphatic carbocycles. The first kappa shape index (κ1) is 17.8. The molecular formula is C17H23N3O4. The molecule has 3 amide bonds. The maximum absolute atomic E-state index is 12.1. The van der Waals surface area contributed by atoms with Crippen LogP contribution in [0, 0.1) is 11.8 Å². The fourth-order valence-electron chi connectivity index (χ4n) is 2.85. The maximum Gasteiger partial charge on any atom is 0.317 e. The minimum Gasteiger partial charge on any atom is -0.481 e. The summed E-state index contributed by atoms with van der Waals surface area (Å²) in [6.45, 7) is 3.31. The number of urea groups is 1. The summed E-state index contributed by atoms with van der Waals surface area (Å²) in [5, 5.41) is 14.6. The van der Waals surface area contributed by atoms with Gasteiger partial charge in [-0.25, -0.2) is 4.79 Å². The van der Waals surface area contributed by atoms with Gasteiger partial charge in [0.1, 0.15) is 0 Å². The second-order valence-electron chi connectivity index (χ2n) is 6.13. The Balaban J connectivity index is 1.73. The Morgan fingerprint density at radius 2 is 1.79 bits per heavy atom. The van der Waals surface area contributed by atoms with Crippen molar-refractivity contribution in [2.24, 2.45) is 11.8 Å². The molecule has 1 aliphatic heterocycles. The van der Waals surface area contributed by atoms with Gasteiger partial charge in [-0.05, 0) is 24.5 Å². The van der Waals surface area contributed by atoms with Crippen molar-refractivity contribution in [1.29, 1.82) is 0 Å². The Morgan fingerprint density at radius 1 is 1.12 bits per heavy atom. The van der Waals surface area contributed by atoms with Gasteiger partial charge in [-0.1, -0.05) is 25.1 Å². The zero-order valence-electron chi connectivity index (χ0n) is 13.7. The van der Waals surface area contributed by atoms with E-state index in [2.05, 4.69) is 10.6 Å². The molecule has 24 heavy (non-hydrogen) atoms. The molecule has 7 nitrogen and oxygen atoms in total. The molecule has 0 bridgehead atoms. The third-order valence-corrected chi connectivity index (χ3v) is 4.02. The van der Waals surface area contributed by atoms with Crippen LogP contribution in [0.2, 0.25) is 0 Å². The number of amides is 3. The summed E-state index contributed by atoms with van der Waals surface area (Å²) in [6.07, 6.45) is 0.590. The summed E-state index contributed by atoms with van der Waals surface area (Å²) in [6, 6.07) is 8.55. The van der Waals surface area contributed by atoms with Crippen LogP contribution in [-0.4, -0.2) is 54.1 Å². The monoisotopic (exact) mass is 333 g/mol. The topological polar surface area (TPSA) is 98.7 Å². The number of benzene rings is 1. The van der Waals surface area contributed by atoms with Gasteiger partial charge in [0, 0.05) is 31.7 Å². The van der Waals surface area contributed by atoms with Crippen molar-refractivity contribution >= 4 is 17.9 Å². The van der Waals surface area contributed by atoms with E-state index in [1.54, 1.807) is 24.3 Å². The van der Waals surface area contributed by atoms with Crippen molar-refractivity contribution in [1.82, 2.24) is 15.5 Å². The molecule has 1 fully saturated rings. The number of hydrogen-bond acceptors (Lipinski definition) is 3. The van der Waals surface area contributed by atoms with E-state index < -0.39 is 11.9 Å². The molecule has 0 spiro atoms. The lowest BCUT2D eigenvalue weighted by molar-refractivity contribution is -0.143. The first-order chi connectivity index (χ1) is 11.5. The largest absolute Gasteiger partial charge is 0.481 e. The highest BCUT2D eigenvalue weighted by atomic mass is 16.4. The Hall–Kier alpha value is -2.57. The SMILES string of the molecule is CC1CC(C(=O)O)CN(C(=O)NCCNC(=O)c2ccccc2)C1. The average Bonchev–Trinajstić information content (AvgIpc) is 2.58. The highest BCUT2D eigenvalue weighted by Gasteiger charge is 2.31. The number of nitrogens with one attached hydrogen (secondary N) is 2. The molecule has 1 heterocycles. The summed E-state index contributed by atoms with van der Waals surface area (Å²) in [5.74, 6) is -1.42. The molecule has 1 aliphatic rings. The van der Waals surface area contributed by atoms with Crippen molar-refractivity contribution in [3.63, 3.8) is 0 Å². The Morgan fingerprint density at radius 3 is 2.46 bits per heavy atom. The first-order valence-electron chi connectivity index (χ1n) is 8.06. The van der Waals surface area contributed by atoms with E-state index >= 15 is 0 Å². The second-order valence-corrected chi connectivity index (χ2v) is 6.13. The molecule has 2 unspecified atom stereocenters. The molecule has 2 rings (SSSR count). The number of carboxylic acid groups (broad SMARTS) is 1. The minimum absolute atomic E-state index is 0.156. The van der Waals surface area contributed by atoms with Gasteiger partial charge in [0.2, 0.25) is 0 Å². The Labute approximate surface area is 141 Å². The fourth-order valence-corrected chi connectivity index (χ4v) is 2.85. The van der Waals surface area contributed by atoms with Crippen LogP contribution in [0.15, 0.2) is 30.3 Å². The van der Waals surface area contributed by atoms with Crippen LogP contribution in [0.25, 0.3) is 0 Å². The molecule has 7 heteroatoms. The van der Waals surface area contributed by atoms with Gasteiger partial charge in [-0.3, -0.25) is 9.59 Å². The zero-order valence-corrected chi connectivity index (χ0v) is 13.7. The number of rotatable bonds is 5. The minimum atomic E-state index is -0.866. The Kier molecular flexibility index (Phi) is 6.17. The van der Waals surface area contributed by atoms with Crippen LogP contribution < -0.4 is 10.6 Å². The molecule has 1 aromatic carbocycles. The van der Waals surface area contributed by atoms with E-state index in [1.165, 1.54) is 4.90 Å². The van der Waals surface area contributed by atoms with Gasteiger partial charge in [0.15, 0.2) is 0 Å². The van der Waals surface area contributed by atoms with Gasteiger partial charge in [-0.2, -0.15) is 0 Å². The predicted molar refractivity (Wildman–Crippen MR) is 88.7 cm³/mol. The van der Waals surface area contributed by atoms with Crippen LogP contribution in [0.1, 0.15) is 23.7 Å². The van der Waals surface area contributed by atoms with Gasteiger partial charge in [0.05, 0.1) is 5.92 Å². The first-order valence-corrected chi connectivity index (χ1v) is 8.06. The standard InChI is InChI=1S/C17H23N3O4/c1-12-9-14(16(22)23)11-20(10-12)17(24)19-8-7-18-15(21)13-5-3-2-4-6-13/h2-6,12,14H,7-11H2,1H3,(H,18,21)(H,19,24)(H,22,23). The summed E-state index contributed by atoms with van der Waals surface area (Å²) < 4.78 is 0. The van der Waals surface area contributed by atoms with Crippen LogP contribution in [0.5, 0.6) is 0 Å². The lowest BCUT2D eigenvalue weighted by Gasteiger charge is -2.34. The summed E-state index contributed by atoms with van der Waals surface area (Å²) in [5.41, 5.74) is 0.568. The van der Waals surface area contributed by atoms with E-state index in [1.807, 2.05) is 13.0 Å². The average molecular weight is 333 g/mol. The number of hydrogen-bond donors (Lipinski definition) is 3.